The van der Waals surface area contributed by atoms with Gasteiger partial charge in [0.05, 0.1) is 12.2 Å². The number of carboxylic acid groups (broad SMARTS) is 1. The Kier molecular flexibility index (Phi) is 5.13. The van der Waals surface area contributed by atoms with E-state index in [1.54, 1.807) is 19.2 Å². The number of carboxylic acids is 1. The van der Waals surface area contributed by atoms with Gasteiger partial charge in [0.25, 0.3) is 0 Å². The highest BCUT2D eigenvalue weighted by molar-refractivity contribution is 5.79. The Bertz CT molecular complexity index is 639. The van der Waals surface area contributed by atoms with Gasteiger partial charge in [-0.3, -0.25) is 4.68 Å². The Balaban J connectivity index is 1.87. The zero-order chi connectivity index (χ0) is 15.9. The molecule has 0 aliphatic heterocycles. The zero-order valence-electron chi connectivity index (χ0n) is 12.1. The van der Waals surface area contributed by atoms with Crippen molar-refractivity contribution in [1.29, 1.82) is 0 Å². The maximum Gasteiger partial charge on any atom is 0.408 e. The fourth-order valence-corrected chi connectivity index (χ4v) is 1.84. The van der Waals surface area contributed by atoms with E-state index in [1.807, 2.05) is 30.3 Å². The van der Waals surface area contributed by atoms with E-state index in [2.05, 4.69) is 10.4 Å². The van der Waals surface area contributed by atoms with Gasteiger partial charge in [0.15, 0.2) is 0 Å². The molecule has 0 fully saturated rings. The van der Waals surface area contributed by atoms with Crippen molar-refractivity contribution >= 4 is 12.1 Å². The minimum atomic E-state index is -1.15. The van der Waals surface area contributed by atoms with Crippen LogP contribution in [0.25, 0.3) is 0 Å². The van der Waals surface area contributed by atoms with E-state index in [0.717, 1.165) is 11.3 Å². The van der Waals surface area contributed by atoms with Crippen molar-refractivity contribution in [1.82, 2.24) is 15.1 Å². The number of nitrogens with one attached hydrogen (secondary N) is 1. The highest BCUT2D eigenvalue weighted by Crippen LogP contribution is 2.01. The number of hydrogen-bond acceptors (Lipinski definition) is 4. The van der Waals surface area contributed by atoms with Crippen LogP contribution in [0.4, 0.5) is 4.79 Å². The van der Waals surface area contributed by atoms with Crippen LogP contribution in [0.1, 0.15) is 11.3 Å². The van der Waals surface area contributed by atoms with Crippen LogP contribution in [0.3, 0.4) is 0 Å². The second kappa shape index (κ2) is 7.26. The smallest absolute Gasteiger partial charge is 0.408 e. The van der Waals surface area contributed by atoms with Gasteiger partial charge in [-0.05, 0) is 18.6 Å². The Labute approximate surface area is 127 Å². The Morgan fingerprint density at radius 2 is 2.05 bits per heavy atom. The van der Waals surface area contributed by atoms with Crippen molar-refractivity contribution in [3.63, 3.8) is 0 Å². The van der Waals surface area contributed by atoms with Gasteiger partial charge in [0.2, 0.25) is 0 Å². The molecule has 1 aromatic carbocycles. The van der Waals surface area contributed by atoms with Crippen LogP contribution in [-0.2, 0) is 22.7 Å². The van der Waals surface area contributed by atoms with E-state index in [4.69, 9.17) is 9.84 Å². The minimum absolute atomic E-state index is 0.0314. The average molecular weight is 303 g/mol. The standard InChI is InChI=1S/C15H17N3O4/c1-11-7-8-18(17-11)9-13(14(19)20)16-15(21)22-10-12-5-3-2-4-6-12/h2-8,13H,9-10H2,1H3,(H,16,21)(H,19,20). The second-order valence-electron chi connectivity index (χ2n) is 4.78. The zero-order valence-corrected chi connectivity index (χ0v) is 12.1. The molecular weight excluding hydrogens is 286 g/mol. The molecule has 0 saturated carbocycles. The molecule has 1 unspecified atom stereocenters. The first kappa shape index (κ1) is 15.6. The van der Waals surface area contributed by atoms with Crippen LogP contribution in [0, 0.1) is 6.92 Å². The van der Waals surface area contributed by atoms with E-state index < -0.39 is 18.1 Å². The Hall–Kier alpha value is -2.83. The van der Waals surface area contributed by atoms with E-state index in [1.165, 1.54) is 4.68 Å². The van der Waals surface area contributed by atoms with E-state index in [-0.39, 0.29) is 13.2 Å². The summed E-state index contributed by atoms with van der Waals surface area (Å²) in [6, 6.07) is 9.79. The van der Waals surface area contributed by atoms with Crippen molar-refractivity contribution in [2.24, 2.45) is 0 Å². The summed E-state index contributed by atoms with van der Waals surface area (Å²) in [7, 11) is 0. The molecule has 2 N–H and O–H groups in total. The SMILES string of the molecule is Cc1ccn(CC(NC(=O)OCc2ccccc2)C(=O)O)n1. The summed E-state index contributed by atoms with van der Waals surface area (Å²) in [6.07, 6.45) is 0.877. The quantitative estimate of drug-likeness (QED) is 0.845. The molecule has 116 valence electrons. The van der Waals surface area contributed by atoms with Crippen molar-refractivity contribution in [2.75, 3.05) is 0 Å². The number of aliphatic carboxylic acids is 1. The van der Waals surface area contributed by atoms with Crippen LogP contribution in [0.5, 0.6) is 0 Å². The first-order chi connectivity index (χ1) is 10.5. The summed E-state index contributed by atoms with van der Waals surface area (Å²) in [4.78, 5) is 22.9. The van der Waals surface area contributed by atoms with E-state index >= 15 is 0 Å². The fourth-order valence-electron chi connectivity index (χ4n) is 1.84. The van der Waals surface area contributed by atoms with Crippen LogP contribution in [-0.4, -0.2) is 33.0 Å². The molecule has 2 rings (SSSR count). The molecule has 1 amide bonds. The average Bonchev–Trinajstić information content (AvgIpc) is 2.91. The molecule has 22 heavy (non-hydrogen) atoms. The summed E-state index contributed by atoms with van der Waals surface area (Å²) >= 11 is 0. The highest BCUT2D eigenvalue weighted by atomic mass is 16.5. The number of aryl methyl sites for hydroxylation is 1. The van der Waals surface area contributed by atoms with Gasteiger partial charge in [-0.25, -0.2) is 9.59 Å². The van der Waals surface area contributed by atoms with Gasteiger partial charge in [-0.1, -0.05) is 30.3 Å². The third kappa shape index (κ3) is 4.62. The molecule has 0 saturated heterocycles. The Morgan fingerprint density at radius 3 is 2.64 bits per heavy atom. The summed E-state index contributed by atoms with van der Waals surface area (Å²) < 4.78 is 6.47. The lowest BCUT2D eigenvalue weighted by atomic mass is 10.2. The van der Waals surface area contributed by atoms with E-state index in [0.29, 0.717) is 0 Å². The molecule has 7 nitrogen and oxygen atoms in total. The van der Waals surface area contributed by atoms with Gasteiger partial charge in [0.1, 0.15) is 12.6 Å². The van der Waals surface area contributed by atoms with Crippen LogP contribution >= 0.6 is 0 Å². The molecule has 1 atom stereocenters. The normalized spacial score (nSPS) is 11.7. The number of amides is 1. The van der Waals surface area contributed by atoms with Crippen LogP contribution < -0.4 is 5.32 Å². The van der Waals surface area contributed by atoms with Crippen molar-refractivity contribution in [2.45, 2.75) is 26.1 Å². The number of hydrogen-bond donors (Lipinski definition) is 2. The summed E-state index contributed by atoms with van der Waals surface area (Å²) in [5.74, 6) is -1.15. The summed E-state index contributed by atoms with van der Waals surface area (Å²) in [5.41, 5.74) is 1.60. The van der Waals surface area contributed by atoms with E-state index in [9.17, 15) is 9.59 Å². The third-order valence-corrected chi connectivity index (χ3v) is 2.95. The molecule has 0 aliphatic rings. The van der Waals surface area contributed by atoms with Gasteiger partial charge < -0.3 is 15.2 Å². The first-order valence-corrected chi connectivity index (χ1v) is 6.74. The maximum absolute atomic E-state index is 11.7. The van der Waals surface area contributed by atoms with Gasteiger partial charge >= 0.3 is 12.1 Å². The summed E-state index contributed by atoms with van der Waals surface area (Å²) in [5, 5.41) is 15.6. The molecule has 1 aromatic heterocycles. The molecule has 7 heteroatoms. The predicted molar refractivity (Wildman–Crippen MR) is 78.2 cm³/mol. The van der Waals surface area contributed by atoms with Crippen LogP contribution in [0.2, 0.25) is 0 Å². The fraction of sp³-hybridized carbons (Fsp3) is 0.267. The lowest BCUT2D eigenvalue weighted by molar-refractivity contribution is -0.139. The predicted octanol–water partition coefficient (Wildman–Crippen LogP) is 1.57. The van der Waals surface area contributed by atoms with Crippen molar-refractivity contribution < 1.29 is 19.4 Å². The number of carbonyl (C=O) groups is 2. The molecule has 0 radical (unpaired) electrons. The molecule has 0 aliphatic carbocycles. The number of benzene rings is 1. The maximum atomic E-state index is 11.7. The Morgan fingerprint density at radius 1 is 1.32 bits per heavy atom. The van der Waals surface area contributed by atoms with Crippen molar-refractivity contribution in [3.8, 4) is 0 Å². The van der Waals surface area contributed by atoms with Gasteiger partial charge in [-0.15, -0.1) is 0 Å². The molecule has 0 spiro atoms. The number of rotatable bonds is 6. The largest absolute Gasteiger partial charge is 0.480 e. The third-order valence-electron chi connectivity index (χ3n) is 2.95. The lowest BCUT2D eigenvalue weighted by Gasteiger charge is -2.14. The molecular formula is C15H17N3O4. The lowest BCUT2D eigenvalue weighted by Crippen LogP contribution is -2.44. The number of ether oxygens (including phenoxy) is 1. The van der Waals surface area contributed by atoms with Gasteiger partial charge in [0, 0.05) is 6.20 Å². The van der Waals surface area contributed by atoms with Crippen LogP contribution in [0.15, 0.2) is 42.6 Å². The number of alkyl carbamates (subject to hydrolysis) is 1. The number of aromatic nitrogens is 2. The summed E-state index contributed by atoms with van der Waals surface area (Å²) in [6.45, 7) is 1.91. The monoisotopic (exact) mass is 303 g/mol. The molecule has 2 aromatic rings. The molecule has 0 bridgehead atoms. The van der Waals surface area contributed by atoms with Gasteiger partial charge in [-0.2, -0.15) is 5.10 Å². The number of nitrogens with zero attached hydrogens (tertiary/aromatic N) is 2. The highest BCUT2D eigenvalue weighted by Gasteiger charge is 2.21. The minimum Gasteiger partial charge on any atom is -0.480 e. The first-order valence-electron chi connectivity index (χ1n) is 6.74. The molecule has 1 heterocycles. The second-order valence-corrected chi connectivity index (χ2v) is 4.78. The topological polar surface area (TPSA) is 93.5 Å². The number of carbonyl (C=O) groups excluding carboxylic acids is 1. The van der Waals surface area contributed by atoms with Crippen molar-refractivity contribution in [3.05, 3.63) is 53.9 Å².